The largest absolute Gasteiger partial charge is 0.439 e. The second kappa shape index (κ2) is 9.89. The predicted octanol–water partition coefficient (Wildman–Crippen LogP) is 5.04. The third-order valence-corrected chi connectivity index (χ3v) is 4.55. The lowest BCUT2D eigenvalue weighted by molar-refractivity contribution is -0.120. The molecule has 0 spiro atoms. The Morgan fingerprint density at radius 2 is 1.73 bits per heavy atom. The summed E-state index contributed by atoms with van der Waals surface area (Å²) in [7, 11) is 0. The van der Waals surface area contributed by atoms with E-state index in [-0.39, 0.29) is 18.2 Å². The van der Waals surface area contributed by atoms with Gasteiger partial charge in [0.1, 0.15) is 5.75 Å². The van der Waals surface area contributed by atoms with E-state index in [1.807, 2.05) is 31.2 Å². The van der Waals surface area contributed by atoms with Gasteiger partial charge in [-0.25, -0.2) is 4.98 Å². The Labute approximate surface area is 180 Å². The summed E-state index contributed by atoms with van der Waals surface area (Å²) in [4.78, 5) is 28.3. The molecule has 3 aromatic rings. The number of carbonyl (C=O) groups is 2. The molecule has 3 rings (SSSR count). The van der Waals surface area contributed by atoms with Crippen molar-refractivity contribution in [1.29, 1.82) is 0 Å². The van der Waals surface area contributed by atoms with Crippen LogP contribution >= 0.6 is 11.6 Å². The van der Waals surface area contributed by atoms with Gasteiger partial charge >= 0.3 is 0 Å². The van der Waals surface area contributed by atoms with Crippen molar-refractivity contribution in [3.05, 3.63) is 83.0 Å². The van der Waals surface area contributed by atoms with Gasteiger partial charge in [-0.2, -0.15) is 0 Å². The summed E-state index contributed by atoms with van der Waals surface area (Å²) in [6.45, 7) is 3.42. The Morgan fingerprint density at radius 1 is 1.03 bits per heavy atom. The Bertz CT molecular complexity index is 1000. The molecule has 154 valence electrons. The lowest BCUT2D eigenvalue weighted by Gasteiger charge is -2.18. The number of benzene rings is 2. The number of nitrogens with zero attached hydrogens (tertiary/aromatic N) is 1. The number of anilines is 1. The molecule has 2 aromatic carbocycles. The van der Waals surface area contributed by atoms with Crippen molar-refractivity contribution in [3.63, 3.8) is 0 Å². The van der Waals surface area contributed by atoms with Crippen LogP contribution in [0.5, 0.6) is 11.6 Å². The van der Waals surface area contributed by atoms with E-state index in [1.165, 1.54) is 13.1 Å². The molecule has 2 N–H and O–H groups in total. The number of nitrogens with one attached hydrogen (secondary N) is 2. The number of pyridine rings is 1. The normalized spacial score (nSPS) is 11.4. The summed E-state index contributed by atoms with van der Waals surface area (Å²) in [6.07, 6.45) is 1.60. The van der Waals surface area contributed by atoms with Gasteiger partial charge < -0.3 is 15.4 Å². The number of aromatic nitrogens is 1. The first-order valence-electron chi connectivity index (χ1n) is 9.42. The second-order valence-electron chi connectivity index (χ2n) is 6.86. The third-order valence-electron chi connectivity index (χ3n) is 4.30. The number of halogens is 1. The molecular weight excluding hydrogens is 402 g/mol. The number of hydrogen-bond acceptors (Lipinski definition) is 4. The van der Waals surface area contributed by atoms with Gasteiger partial charge in [-0.15, -0.1) is 0 Å². The summed E-state index contributed by atoms with van der Waals surface area (Å²) in [6, 6.07) is 17.6. The lowest BCUT2D eigenvalue weighted by Crippen LogP contribution is -2.29. The first kappa shape index (κ1) is 21.3. The smallest absolute Gasteiger partial charge is 0.226 e. The van der Waals surface area contributed by atoms with E-state index >= 15 is 0 Å². The van der Waals surface area contributed by atoms with Crippen LogP contribution in [0.25, 0.3) is 0 Å². The van der Waals surface area contributed by atoms with Crippen molar-refractivity contribution < 1.29 is 14.3 Å². The van der Waals surface area contributed by atoms with E-state index in [0.29, 0.717) is 22.3 Å². The second-order valence-corrected chi connectivity index (χ2v) is 7.29. The molecule has 0 saturated carbocycles. The van der Waals surface area contributed by atoms with Crippen LogP contribution in [0.3, 0.4) is 0 Å². The zero-order valence-electron chi connectivity index (χ0n) is 16.7. The average molecular weight is 424 g/mol. The Kier molecular flexibility index (Phi) is 7.03. The molecule has 1 heterocycles. The minimum Gasteiger partial charge on any atom is -0.439 e. The molecule has 30 heavy (non-hydrogen) atoms. The third kappa shape index (κ3) is 6.32. The van der Waals surface area contributed by atoms with Crippen molar-refractivity contribution in [2.24, 2.45) is 0 Å². The molecule has 6 nitrogen and oxygen atoms in total. The van der Waals surface area contributed by atoms with E-state index in [0.717, 1.165) is 11.1 Å². The summed E-state index contributed by atoms with van der Waals surface area (Å²) < 4.78 is 5.69. The average Bonchev–Trinajstić information content (AvgIpc) is 2.71. The van der Waals surface area contributed by atoms with Gasteiger partial charge in [0, 0.05) is 18.0 Å². The maximum absolute atomic E-state index is 12.5. The maximum Gasteiger partial charge on any atom is 0.226 e. The van der Waals surface area contributed by atoms with E-state index in [1.54, 1.807) is 36.4 Å². The van der Waals surface area contributed by atoms with E-state index in [2.05, 4.69) is 15.6 Å². The molecule has 0 aliphatic heterocycles. The van der Waals surface area contributed by atoms with Crippen LogP contribution in [-0.2, 0) is 9.59 Å². The molecule has 0 saturated heterocycles. The fourth-order valence-electron chi connectivity index (χ4n) is 2.83. The van der Waals surface area contributed by atoms with Crippen LogP contribution in [0.2, 0.25) is 5.02 Å². The zero-order chi connectivity index (χ0) is 21.5. The maximum atomic E-state index is 12.5. The van der Waals surface area contributed by atoms with Gasteiger partial charge in [-0.3, -0.25) is 9.59 Å². The molecule has 1 aromatic heterocycles. The van der Waals surface area contributed by atoms with Crippen LogP contribution < -0.4 is 15.4 Å². The highest BCUT2D eigenvalue weighted by atomic mass is 35.5. The predicted molar refractivity (Wildman–Crippen MR) is 117 cm³/mol. The standard InChI is InChI=1S/C23H22ClN3O3/c1-15-3-10-20(11-4-15)30-23-12-9-19(14-25-23)27-22(29)13-21(26-16(2)28)17-5-7-18(24)8-6-17/h3-12,14,21H,13H2,1-2H3,(H,26,28)(H,27,29). The van der Waals surface area contributed by atoms with Crippen LogP contribution in [0.15, 0.2) is 66.9 Å². The Hall–Kier alpha value is -3.38. The molecule has 0 aliphatic rings. The lowest BCUT2D eigenvalue weighted by atomic mass is 10.0. The Morgan fingerprint density at radius 3 is 2.33 bits per heavy atom. The highest BCUT2D eigenvalue weighted by Crippen LogP contribution is 2.22. The quantitative estimate of drug-likeness (QED) is 0.557. The van der Waals surface area contributed by atoms with Crippen molar-refractivity contribution in [2.75, 3.05) is 5.32 Å². The fourth-order valence-corrected chi connectivity index (χ4v) is 2.96. The van der Waals surface area contributed by atoms with Crippen molar-refractivity contribution in [1.82, 2.24) is 10.3 Å². The van der Waals surface area contributed by atoms with Crippen LogP contribution in [0.1, 0.15) is 30.5 Å². The van der Waals surface area contributed by atoms with Crippen LogP contribution in [0, 0.1) is 6.92 Å². The summed E-state index contributed by atoms with van der Waals surface area (Å²) in [5.41, 5.74) is 2.48. The van der Waals surface area contributed by atoms with E-state index in [9.17, 15) is 9.59 Å². The number of amides is 2. The number of hydrogen-bond donors (Lipinski definition) is 2. The van der Waals surface area contributed by atoms with Crippen molar-refractivity contribution in [3.8, 4) is 11.6 Å². The van der Waals surface area contributed by atoms with Crippen molar-refractivity contribution in [2.45, 2.75) is 26.3 Å². The monoisotopic (exact) mass is 423 g/mol. The molecule has 0 bridgehead atoms. The SMILES string of the molecule is CC(=O)NC(CC(=O)Nc1ccc(Oc2ccc(C)cc2)nc1)c1ccc(Cl)cc1. The van der Waals surface area contributed by atoms with Crippen LogP contribution in [-0.4, -0.2) is 16.8 Å². The topological polar surface area (TPSA) is 80.3 Å². The van der Waals surface area contributed by atoms with Gasteiger partial charge in [-0.05, 0) is 42.8 Å². The summed E-state index contributed by atoms with van der Waals surface area (Å²) in [5.74, 6) is 0.639. The van der Waals surface area contributed by atoms with Gasteiger partial charge in [0.25, 0.3) is 0 Å². The van der Waals surface area contributed by atoms with Gasteiger partial charge in [0.05, 0.1) is 24.3 Å². The molecule has 2 amide bonds. The zero-order valence-corrected chi connectivity index (χ0v) is 17.4. The molecule has 1 unspecified atom stereocenters. The number of ether oxygens (including phenoxy) is 1. The van der Waals surface area contributed by atoms with E-state index < -0.39 is 6.04 Å². The molecular formula is C23H22ClN3O3. The number of carbonyl (C=O) groups excluding carboxylic acids is 2. The minimum absolute atomic E-state index is 0.0723. The number of rotatable bonds is 7. The highest BCUT2D eigenvalue weighted by molar-refractivity contribution is 6.30. The molecule has 0 aliphatic carbocycles. The summed E-state index contributed by atoms with van der Waals surface area (Å²) >= 11 is 5.92. The Balaban J connectivity index is 1.61. The molecule has 7 heteroatoms. The summed E-state index contributed by atoms with van der Waals surface area (Å²) in [5, 5.41) is 6.17. The fraction of sp³-hybridized carbons (Fsp3) is 0.174. The first-order chi connectivity index (χ1) is 14.4. The minimum atomic E-state index is -0.461. The molecule has 0 radical (unpaired) electrons. The van der Waals surface area contributed by atoms with Gasteiger partial charge in [-0.1, -0.05) is 41.4 Å². The van der Waals surface area contributed by atoms with Gasteiger partial charge in [0.15, 0.2) is 0 Å². The molecule has 1 atom stereocenters. The molecule has 0 fully saturated rings. The van der Waals surface area contributed by atoms with Crippen LogP contribution in [0.4, 0.5) is 5.69 Å². The van der Waals surface area contributed by atoms with Crippen molar-refractivity contribution >= 4 is 29.1 Å². The van der Waals surface area contributed by atoms with Gasteiger partial charge in [0.2, 0.25) is 17.7 Å². The van der Waals surface area contributed by atoms with E-state index in [4.69, 9.17) is 16.3 Å². The number of aryl methyl sites for hydroxylation is 1. The highest BCUT2D eigenvalue weighted by Gasteiger charge is 2.17. The first-order valence-corrected chi connectivity index (χ1v) is 9.80.